The number of nitrogens with one attached hydrogen (secondary N) is 1. The van der Waals surface area contributed by atoms with E-state index in [-0.39, 0.29) is 12.3 Å². The van der Waals surface area contributed by atoms with Gasteiger partial charge in [0, 0.05) is 24.2 Å². The van der Waals surface area contributed by atoms with Crippen molar-refractivity contribution in [1.82, 2.24) is 0 Å². The van der Waals surface area contributed by atoms with Crippen LogP contribution in [0.4, 0.5) is 5.69 Å². The Kier molecular flexibility index (Phi) is 18.5. The lowest BCUT2D eigenvalue weighted by atomic mass is 9.97. The number of carboxylic acids is 2. The minimum absolute atomic E-state index is 0.0881. The van der Waals surface area contributed by atoms with Crippen molar-refractivity contribution in [2.45, 2.75) is 76.8 Å². The topological polar surface area (TPSA) is 199 Å². The van der Waals surface area contributed by atoms with E-state index in [1.165, 1.54) is 39.0 Å². The first-order chi connectivity index (χ1) is 20.5. The van der Waals surface area contributed by atoms with Crippen LogP contribution in [0.25, 0.3) is 10.8 Å². The fraction of sp³-hybridized carbons (Fsp3) is 0.394. The van der Waals surface area contributed by atoms with Crippen molar-refractivity contribution in [2.24, 2.45) is 17.2 Å². The number of aldehydes is 1. The molecule has 0 heterocycles. The molecule has 0 aromatic heterocycles. The number of carbonyl (C=O) groups excluding carboxylic acids is 2. The maximum atomic E-state index is 10.6. The summed E-state index contributed by atoms with van der Waals surface area (Å²) < 4.78 is 0. The molecule has 1 aliphatic carbocycles. The van der Waals surface area contributed by atoms with Crippen molar-refractivity contribution < 1.29 is 29.4 Å². The van der Waals surface area contributed by atoms with E-state index < -0.39 is 18.0 Å². The predicted octanol–water partition coefficient (Wildman–Crippen LogP) is 4.73. The van der Waals surface area contributed by atoms with E-state index in [9.17, 15) is 19.2 Å². The van der Waals surface area contributed by atoms with E-state index in [0.717, 1.165) is 35.5 Å². The van der Waals surface area contributed by atoms with Gasteiger partial charge in [-0.3, -0.25) is 19.2 Å². The molecule has 0 aliphatic heterocycles. The molecular formula is C33H46N4O6. The van der Waals surface area contributed by atoms with E-state index in [1.54, 1.807) is 24.3 Å². The molecule has 3 aromatic carbocycles. The van der Waals surface area contributed by atoms with Crippen LogP contribution in [-0.2, 0) is 20.8 Å². The Labute approximate surface area is 253 Å². The molecular weight excluding hydrogens is 548 g/mol. The van der Waals surface area contributed by atoms with Gasteiger partial charge in [-0.25, -0.2) is 0 Å². The standard InChI is InChI=1S/C12H10O2.C9H9NO2.C6H14N2O2.C6H13N/c13-12(14)8-9-5-6-10-3-1-2-4-11(10)7-9;1-7(12)10-9-4-2-8(6-11)3-5-9;7-4-2-1-3-5(8)6(9)10;7-6-4-2-1-3-5-6/h1-7H,8H2,(H,13,14);2-6H,1H3,(H,10,12);5H,1-4,7-8H2,(H,9,10);6H,1-5,7H2/t;;5-;/m..0./s1. The van der Waals surface area contributed by atoms with Crippen LogP contribution in [0.2, 0.25) is 0 Å². The van der Waals surface area contributed by atoms with Crippen LogP contribution in [0, 0.1) is 0 Å². The molecule has 1 saturated carbocycles. The molecule has 1 amide bonds. The van der Waals surface area contributed by atoms with Crippen molar-refractivity contribution in [3.05, 3.63) is 77.9 Å². The highest BCUT2D eigenvalue weighted by Crippen LogP contribution is 2.16. The fourth-order valence-electron chi connectivity index (χ4n) is 4.14. The first kappa shape index (κ1) is 36.9. The van der Waals surface area contributed by atoms with Gasteiger partial charge in [-0.05, 0) is 72.8 Å². The molecule has 3 aromatic rings. The Hall–Kier alpha value is -4.12. The molecule has 0 saturated heterocycles. The number of hydrogen-bond acceptors (Lipinski definition) is 7. The van der Waals surface area contributed by atoms with Gasteiger partial charge in [0.1, 0.15) is 12.3 Å². The van der Waals surface area contributed by atoms with Crippen molar-refractivity contribution >= 4 is 40.6 Å². The second-order valence-corrected chi connectivity index (χ2v) is 10.3. The highest BCUT2D eigenvalue weighted by Gasteiger charge is 2.09. The lowest BCUT2D eigenvalue weighted by Crippen LogP contribution is -2.29. The van der Waals surface area contributed by atoms with Gasteiger partial charge in [-0.1, -0.05) is 68.1 Å². The maximum absolute atomic E-state index is 10.6. The molecule has 0 radical (unpaired) electrons. The highest BCUT2D eigenvalue weighted by molar-refractivity contribution is 5.89. The zero-order valence-electron chi connectivity index (χ0n) is 24.9. The number of aliphatic carboxylic acids is 2. The summed E-state index contributed by atoms with van der Waals surface area (Å²) in [7, 11) is 0. The third kappa shape index (κ3) is 17.4. The van der Waals surface area contributed by atoms with Crippen LogP contribution in [0.15, 0.2) is 66.7 Å². The van der Waals surface area contributed by atoms with Crippen LogP contribution in [0.1, 0.15) is 74.2 Å². The number of rotatable bonds is 9. The average molecular weight is 595 g/mol. The van der Waals surface area contributed by atoms with Crippen LogP contribution in [0.3, 0.4) is 0 Å². The molecule has 1 aliphatic rings. The minimum atomic E-state index is -0.933. The zero-order valence-corrected chi connectivity index (χ0v) is 24.9. The Bertz CT molecular complexity index is 1260. The van der Waals surface area contributed by atoms with Gasteiger partial charge in [0.2, 0.25) is 5.91 Å². The molecule has 10 heteroatoms. The zero-order chi connectivity index (χ0) is 32.0. The van der Waals surface area contributed by atoms with Crippen LogP contribution in [-0.4, -0.2) is 53.0 Å². The number of amides is 1. The number of unbranched alkanes of at least 4 members (excludes halogenated alkanes) is 1. The molecule has 0 bridgehead atoms. The summed E-state index contributed by atoms with van der Waals surface area (Å²) in [4.78, 5) is 41.5. The number of nitrogens with two attached hydrogens (primary N) is 3. The molecule has 234 valence electrons. The summed E-state index contributed by atoms with van der Waals surface area (Å²) in [6, 6.07) is 20.1. The minimum Gasteiger partial charge on any atom is -0.481 e. The summed E-state index contributed by atoms with van der Waals surface area (Å²) in [5, 5.41) is 21.8. The number of anilines is 1. The average Bonchev–Trinajstić information content (AvgIpc) is 2.98. The van der Waals surface area contributed by atoms with Gasteiger partial charge in [-0.2, -0.15) is 0 Å². The third-order valence-corrected chi connectivity index (χ3v) is 6.47. The quantitative estimate of drug-likeness (QED) is 0.150. The maximum Gasteiger partial charge on any atom is 0.320 e. The van der Waals surface area contributed by atoms with E-state index in [1.807, 2.05) is 42.5 Å². The van der Waals surface area contributed by atoms with Gasteiger partial charge in [-0.15, -0.1) is 0 Å². The number of fused-ring (bicyclic) bond motifs is 1. The summed E-state index contributed by atoms with van der Waals surface area (Å²) in [5.74, 6) is -1.84. The summed E-state index contributed by atoms with van der Waals surface area (Å²) >= 11 is 0. The van der Waals surface area contributed by atoms with E-state index in [2.05, 4.69) is 5.32 Å². The van der Waals surface area contributed by atoms with Crippen LogP contribution in [0.5, 0.6) is 0 Å². The van der Waals surface area contributed by atoms with Gasteiger partial charge in [0.15, 0.2) is 0 Å². The molecule has 10 nitrogen and oxygen atoms in total. The predicted molar refractivity (Wildman–Crippen MR) is 171 cm³/mol. The Balaban J connectivity index is 0.000000295. The first-order valence-electron chi connectivity index (χ1n) is 14.5. The Morgan fingerprint density at radius 3 is 2.05 bits per heavy atom. The van der Waals surface area contributed by atoms with Crippen molar-refractivity contribution in [3.63, 3.8) is 0 Å². The Morgan fingerprint density at radius 1 is 0.930 bits per heavy atom. The lowest BCUT2D eigenvalue weighted by Gasteiger charge is -2.15. The SMILES string of the molecule is CC(=O)Nc1ccc(C=O)cc1.NC1CCCCC1.NCCCC[C@H](N)C(=O)O.O=C(O)Cc1ccc2ccccc2c1. The van der Waals surface area contributed by atoms with Crippen molar-refractivity contribution in [3.8, 4) is 0 Å². The largest absolute Gasteiger partial charge is 0.481 e. The van der Waals surface area contributed by atoms with Crippen molar-refractivity contribution in [1.29, 1.82) is 0 Å². The van der Waals surface area contributed by atoms with Crippen LogP contribution < -0.4 is 22.5 Å². The number of benzene rings is 3. The van der Waals surface area contributed by atoms with Gasteiger partial charge in [0.25, 0.3) is 0 Å². The molecule has 4 rings (SSSR count). The van der Waals surface area contributed by atoms with Gasteiger partial charge < -0.3 is 32.7 Å². The van der Waals surface area contributed by atoms with Gasteiger partial charge >= 0.3 is 11.9 Å². The molecule has 9 N–H and O–H groups in total. The smallest absolute Gasteiger partial charge is 0.320 e. The Morgan fingerprint density at radius 2 is 1.56 bits per heavy atom. The lowest BCUT2D eigenvalue weighted by molar-refractivity contribution is -0.139. The van der Waals surface area contributed by atoms with E-state index in [0.29, 0.717) is 30.3 Å². The molecule has 43 heavy (non-hydrogen) atoms. The normalized spacial score (nSPS) is 13.0. The number of carboxylic acid groups (broad SMARTS) is 2. The van der Waals surface area contributed by atoms with Crippen LogP contribution >= 0.6 is 0 Å². The highest BCUT2D eigenvalue weighted by atomic mass is 16.4. The summed E-state index contributed by atoms with van der Waals surface area (Å²) in [6.07, 6.45) is 9.68. The molecule has 0 unspecified atom stereocenters. The number of carbonyl (C=O) groups is 4. The second kappa shape index (κ2) is 21.6. The number of hydrogen-bond donors (Lipinski definition) is 6. The molecule has 1 fully saturated rings. The first-order valence-corrected chi connectivity index (χ1v) is 14.5. The third-order valence-electron chi connectivity index (χ3n) is 6.47. The monoisotopic (exact) mass is 594 g/mol. The van der Waals surface area contributed by atoms with Gasteiger partial charge in [0.05, 0.1) is 6.42 Å². The molecule has 1 atom stereocenters. The fourth-order valence-corrected chi connectivity index (χ4v) is 4.14. The summed E-state index contributed by atoms with van der Waals surface area (Å²) in [6.45, 7) is 2.04. The second-order valence-electron chi connectivity index (χ2n) is 10.3. The molecule has 0 spiro atoms. The summed E-state index contributed by atoms with van der Waals surface area (Å²) in [5.41, 5.74) is 18.2. The van der Waals surface area contributed by atoms with Crippen molar-refractivity contribution in [2.75, 3.05) is 11.9 Å². The van der Waals surface area contributed by atoms with E-state index >= 15 is 0 Å². The van der Waals surface area contributed by atoms with E-state index in [4.69, 9.17) is 27.4 Å².